The number of likely N-dealkylation sites (N-methyl/N-ethyl adjacent to an activating group) is 1. The van der Waals surface area contributed by atoms with Crippen LogP contribution in [-0.2, 0) is 16.1 Å². The summed E-state index contributed by atoms with van der Waals surface area (Å²) >= 11 is 0. The van der Waals surface area contributed by atoms with Crippen molar-refractivity contribution < 1.29 is 14.4 Å². The standard InChI is InChI=1S/C24H30N6O5/c1-3-15-9-11-24(12-10-15)21(33)30(23(35)27-24)14-17(31)28(2)18-19(25)29(22(34)26-20(18)32)13-16-7-5-4-6-8-16/h4-8,15H,3,9-14,25H2,1-2H3,(H,27,35)(H,26,32,34). The maximum Gasteiger partial charge on any atom is 0.330 e. The molecule has 0 atom stereocenters. The maximum absolute atomic E-state index is 13.2. The normalized spacial score (nSPS) is 21.9. The summed E-state index contributed by atoms with van der Waals surface area (Å²) in [5.41, 5.74) is 4.20. The van der Waals surface area contributed by atoms with Crippen molar-refractivity contribution in [3.05, 3.63) is 56.7 Å². The Morgan fingerprint density at radius 2 is 1.80 bits per heavy atom. The predicted molar refractivity (Wildman–Crippen MR) is 130 cm³/mol. The van der Waals surface area contributed by atoms with Crippen LogP contribution in [0.1, 0.15) is 44.6 Å². The number of H-pyrrole nitrogens is 1. The van der Waals surface area contributed by atoms with E-state index in [0.717, 1.165) is 39.2 Å². The number of aromatic nitrogens is 2. The number of nitrogen functional groups attached to an aromatic ring is 1. The Morgan fingerprint density at radius 3 is 2.43 bits per heavy atom. The molecular weight excluding hydrogens is 452 g/mol. The fraction of sp³-hybridized carbons (Fsp3) is 0.458. The minimum Gasteiger partial charge on any atom is -0.383 e. The van der Waals surface area contributed by atoms with Gasteiger partial charge in [0.05, 0.1) is 6.54 Å². The number of nitrogens with two attached hydrogens (primary N) is 1. The molecule has 35 heavy (non-hydrogen) atoms. The van der Waals surface area contributed by atoms with Gasteiger partial charge in [0.1, 0.15) is 17.9 Å². The van der Waals surface area contributed by atoms with Crippen molar-refractivity contribution in [2.45, 2.75) is 51.1 Å². The molecule has 11 nitrogen and oxygen atoms in total. The van der Waals surface area contributed by atoms with E-state index in [1.165, 1.54) is 7.05 Å². The van der Waals surface area contributed by atoms with E-state index in [4.69, 9.17) is 5.73 Å². The van der Waals surface area contributed by atoms with Crippen LogP contribution in [0.5, 0.6) is 0 Å². The Bertz CT molecular complexity index is 1260. The largest absolute Gasteiger partial charge is 0.383 e. The van der Waals surface area contributed by atoms with Gasteiger partial charge in [0.15, 0.2) is 5.69 Å². The van der Waals surface area contributed by atoms with Crippen LogP contribution in [0.25, 0.3) is 0 Å². The molecule has 1 spiro atoms. The maximum atomic E-state index is 13.2. The molecule has 1 saturated heterocycles. The zero-order chi connectivity index (χ0) is 25.3. The van der Waals surface area contributed by atoms with Gasteiger partial charge in [-0.3, -0.25) is 28.8 Å². The van der Waals surface area contributed by atoms with Crippen molar-refractivity contribution in [3.63, 3.8) is 0 Å². The summed E-state index contributed by atoms with van der Waals surface area (Å²) in [7, 11) is 1.32. The summed E-state index contributed by atoms with van der Waals surface area (Å²) in [5, 5.41) is 2.79. The van der Waals surface area contributed by atoms with Crippen LogP contribution in [-0.4, -0.2) is 51.4 Å². The number of urea groups is 1. The Balaban J connectivity index is 1.55. The van der Waals surface area contributed by atoms with Crippen molar-refractivity contribution >= 4 is 29.4 Å². The number of carbonyl (C=O) groups excluding carboxylic acids is 3. The molecule has 11 heteroatoms. The molecule has 186 valence electrons. The number of amides is 4. The predicted octanol–water partition coefficient (Wildman–Crippen LogP) is 1.02. The number of benzene rings is 1. The number of rotatable bonds is 6. The Hall–Kier alpha value is -3.89. The minimum absolute atomic E-state index is 0.0889. The quantitative estimate of drug-likeness (QED) is 0.523. The zero-order valence-electron chi connectivity index (χ0n) is 19.9. The second-order valence-corrected chi connectivity index (χ2v) is 9.27. The lowest BCUT2D eigenvalue weighted by atomic mass is 9.75. The van der Waals surface area contributed by atoms with Gasteiger partial charge in [0.2, 0.25) is 5.91 Å². The molecule has 1 aromatic carbocycles. The zero-order valence-corrected chi connectivity index (χ0v) is 19.9. The number of hydrogen-bond donors (Lipinski definition) is 3. The molecule has 1 aromatic heterocycles. The molecule has 2 heterocycles. The number of anilines is 2. The lowest BCUT2D eigenvalue weighted by Gasteiger charge is -2.34. The van der Waals surface area contributed by atoms with Crippen molar-refractivity contribution in [3.8, 4) is 0 Å². The lowest BCUT2D eigenvalue weighted by molar-refractivity contribution is -0.135. The van der Waals surface area contributed by atoms with Gasteiger partial charge in [-0.1, -0.05) is 43.7 Å². The average molecular weight is 483 g/mol. The third-order valence-electron chi connectivity index (χ3n) is 7.18. The Morgan fingerprint density at radius 1 is 1.14 bits per heavy atom. The average Bonchev–Trinajstić information content (AvgIpc) is 3.06. The van der Waals surface area contributed by atoms with Crippen molar-refractivity contribution in [2.75, 3.05) is 24.2 Å². The first-order valence-electron chi connectivity index (χ1n) is 11.7. The molecule has 4 amide bonds. The van der Waals surface area contributed by atoms with Crippen LogP contribution < -0.4 is 27.2 Å². The van der Waals surface area contributed by atoms with Crippen molar-refractivity contribution in [2.24, 2.45) is 5.92 Å². The van der Waals surface area contributed by atoms with Crippen LogP contribution in [0.4, 0.5) is 16.3 Å². The van der Waals surface area contributed by atoms with Crippen LogP contribution in [0.3, 0.4) is 0 Å². The van der Waals surface area contributed by atoms with Gasteiger partial charge < -0.3 is 16.0 Å². The first-order chi connectivity index (χ1) is 16.7. The second kappa shape index (κ2) is 9.40. The second-order valence-electron chi connectivity index (χ2n) is 9.27. The van der Waals surface area contributed by atoms with E-state index in [9.17, 15) is 24.0 Å². The first kappa shape index (κ1) is 24.2. The van der Waals surface area contributed by atoms with E-state index in [2.05, 4.69) is 17.2 Å². The number of nitrogens with one attached hydrogen (secondary N) is 2. The van der Waals surface area contributed by atoms with Gasteiger partial charge in [-0.2, -0.15) is 0 Å². The van der Waals surface area contributed by atoms with Gasteiger partial charge >= 0.3 is 11.7 Å². The molecule has 1 aliphatic carbocycles. The third kappa shape index (κ3) is 4.45. The Kier molecular flexibility index (Phi) is 6.51. The van der Waals surface area contributed by atoms with Gasteiger partial charge in [-0.15, -0.1) is 0 Å². The number of aromatic amines is 1. The molecule has 4 rings (SSSR count). The molecule has 2 fully saturated rings. The third-order valence-corrected chi connectivity index (χ3v) is 7.18. The minimum atomic E-state index is -0.971. The number of imide groups is 1. The number of nitrogens with zero attached hydrogens (tertiary/aromatic N) is 3. The molecule has 4 N–H and O–H groups in total. The topological polar surface area (TPSA) is 151 Å². The lowest BCUT2D eigenvalue weighted by Crippen LogP contribution is -2.50. The SMILES string of the molecule is CCC1CCC2(CC1)NC(=O)N(CC(=O)N(C)c1c(N)n(Cc3ccccc3)c(=O)[nH]c1=O)C2=O. The van der Waals surface area contributed by atoms with E-state index in [0.29, 0.717) is 18.8 Å². The van der Waals surface area contributed by atoms with Gasteiger partial charge in [0, 0.05) is 7.05 Å². The molecule has 1 saturated carbocycles. The van der Waals surface area contributed by atoms with E-state index < -0.39 is 41.2 Å². The highest BCUT2D eigenvalue weighted by atomic mass is 16.2. The van der Waals surface area contributed by atoms with E-state index in [1.807, 2.05) is 6.07 Å². The van der Waals surface area contributed by atoms with Gasteiger partial charge in [0.25, 0.3) is 11.5 Å². The molecule has 0 bridgehead atoms. The first-order valence-corrected chi connectivity index (χ1v) is 11.7. The fourth-order valence-electron chi connectivity index (χ4n) is 4.93. The Labute approximate surface area is 201 Å². The van der Waals surface area contributed by atoms with Crippen LogP contribution >= 0.6 is 0 Å². The smallest absolute Gasteiger partial charge is 0.330 e. The molecule has 2 aromatic rings. The fourth-order valence-corrected chi connectivity index (χ4v) is 4.93. The van der Waals surface area contributed by atoms with E-state index in [-0.39, 0.29) is 18.1 Å². The van der Waals surface area contributed by atoms with E-state index in [1.54, 1.807) is 24.3 Å². The highest BCUT2D eigenvalue weighted by Crippen LogP contribution is 2.37. The molecular formula is C24H30N6O5. The van der Waals surface area contributed by atoms with Gasteiger partial charge in [-0.05, 0) is 37.2 Å². The molecule has 0 unspecified atom stereocenters. The molecule has 2 aliphatic rings. The van der Waals surface area contributed by atoms with Crippen LogP contribution in [0.2, 0.25) is 0 Å². The highest BCUT2D eigenvalue weighted by Gasteiger charge is 2.52. The summed E-state index contributed by atoms with van der Waals surface area (Å²) in [6.07, 6.45) is 3.76. The monoisotopic (exact) mass is 482 g/mol. The highest BCUT2D eigenvalue weighted by molar-refractivity contribution is 6.10. The van der Waals surface area contributed by atoms with Crippen LogP contribution in [0, 0.1) is 5.92 Å². The summed E-state index contributed by atoms with van der Waals surface area (Å²) in [6, 6.07) is 8.41. The van der Waals surface area contributed by atoms with Crippen molar-refractivity contribution in [1.82, 2.24) is 19.8 Å². The summed E-state index contributed by atoms with van der Waals surface area (Å²) in [6.45, 7) is 1.65. The van der Waals surface area contributed by atoms with Gasteiger partial charge in [-0.25, -0.2) is 9.59 Å². The number of carbonyl (C=O) groups is 3. The molecule has 0 radical (unpaired) electrons. The van der Waals surface area contributed by atoms with Crippen molar-refractivity contribution in [1.29, 1.82) is 0 Å². The number of hydrogen-bond acceptors (Lipinski definition) is 6. The van der Waals surface area contributed by atoms with Crippen LogP contribution in [0.15, 0.2) is 39.9 Å². The summed E-state index contributed by atoms with van der Waals surface area (Å²) in [4.78, 5) is 67.9. The summed E-state index contributed by atoms with van der Waals surface area (Å²) in [5.74, 6) is -0.775. The summed E-state index contributed by atoms with van der Waals surface area (Å²) < 4.78 is 1.16. The van der Waals surface area contributed by atoms with E-state index >= 15 is 0 Å². The molecule has 1 aliphatic heterocycles.